The summed E-state index contributed by atoms with van der Waals surface area (Å²) in [4.78, 5) is 28.9. The summed E-state index contributed by atoms with van der Waals surface area (Å²) in [6, 6.07) is 17.3. The molecule has 0 saturated carbocycles. The van der Waals surface area contributed by atoms with Crippen LogP contribution < -0.4 is 51.7 Å². The number of nitrogens with zero attached hydrogens (tertiary/aromatic N) is 2. The van der Waals surface area contributed by atoms with E-state index in [1.807, 2.05) is 0 Å². The molecule has 86 heavy (non-hydrogen) atoms. The van der Waals surface area contributed by atoms with Crippen molar-refractivity contribution in [2.75, 3.05) is 118 Å². The van der Waals surface area contributed by atoms with Crippen LogP contribution in [0.15, 0.2) is 82.6 Å². The van der Waals surface area contributed by atoms with Gasteiger partial charge in [0, 0.05) is 85.6 Å². The number of nitrogens with two attached hydrogens (primary N) is 2. The number of rotatable bonds is 33. The van der Waals surface area contributed by atoms with Crippen molar-refractivity contribution in [2.24, 2.45) is 11.5 Å². The van der Waals surface area contributed by atoms with E-state index in [2.05, 4.69) is 40.5 Å². The summed E-state index contributed by atoms with van der Waals surface area (Å²) in [5.74, 6) is 0.123. The van der Waals surface area contributed by atoms with Crippen molar-refractivity contribution < 1.29 is 63.6 Å². The standard InChI is InChI=1S/C58H80Cl2F2N10O12S2/c59-39-31-49-47(51(61)33-39)35-53(71-21-3-5-41(63)37-71)55(49)83-43-7-11-45(12-8-43)85(75,76)69-19-25-81-29-27-79-23-17-67-57(73)65-15-1-2-16-66-58(74)68-18-24-80-28-30-82-26-20-70-86(77,78)46-13-9-44(10-14-46)84-56-50-32-40(60)34-52(62)48(50)36-54(56)72-22-4-6-42(64)38-72/h7-14,31-34,41-42,53-56,69-70H,1-6,15-30,35-38,63-64H2,(H2,65,67,73)(H2,66,68,74)/t41-,42-,53+,54?,55+,56+/m1/s1. The Morgan fingerprint density at radius 1 is 0.523 bits per heavy atom. The summed E-state index contributed by atoms with van der Waals surface area (Å²) in [6.45, 7) is 5.98. The van der Waals surface area contributed by atoms with E-state index in [0.717, 1.165) is 38.8 Å². The second kappa shape index (κ2) is 33.0. The molecule has 28 heteroatoms. The predicted octanol–water partition coefficient (Wildman–Crippen LogP) is 4.91. The van der Waals surface area contributed by atoms with Crippen LogP contribution in [0.2, 0.25) is 10.0 Å². The molecule has 22 nitrogen and oxygen atoms in total. The molecule has 0 aromatic heterocycles. The van der Waals surface area contributed by atoms with Crippen molar-refractivity contribution in [3.8, 4) is 11.5 Å². The van der Waals surface area contributed by atoms with E-state index in [4.69, 9.17) is 63.1 Å². The number of hydrogen-bond donors (Lipinski definition) is 8. The second-order valence-electron chi connectivity index (χ2n) is 21.6. The van der Waals surface area contributed by atoms with E-state index in [1.165, 1.54) is 36.4 Å². The third-order valence-corrected chi connectivity index (χ3v) is 18.7. The molecule has 4 aromatic rings. The molecule has 2 saturated heterocycles. The Hall–Kier alpha value is -5.04. The zero-order valence-electron chi connectivity index (χ0n) is 48.1. The van der Waals surface area contributed by atoms with Crippen molar-refractivity contribution in [3.05, 3.63) is 117 Å². The quantitative estimate of drug-likeness (QED) is 0.0294. The van der Waals surface area contributed by atoms with Crippen molar-refractivity contribution in [1.29, 1.82) is 0 Å². The zero-order chi connectivity index (χ0) is 61.1. The van der Waals surface area contributed by atoms with Gasteiger partial charge >= 0.3 is 12.1 Å². The average molecular weight is 1280 g/mol. The van der Waals surface area contributed by atoms with Crippen molar-refractivity contribution >= 4 is 55.3 Å². The van der Waals surface area contributed by atoms with Gasteiger partial charge in [0.15, 0.2) is 0 Å². The average Bonchev–Trinajstić information content (AvgIpc) is 2.22. The molecule has 6 atom stereocenters. The fraction of sp³-hybridized carbons (Fsp3) is 0.552. The van der Waals surface area contributed by atoms with E-state index < -0.39 is 32.3 Å². The van der Waals surface area contributed by atoms with Gasteiger partial charge in [0.2, 0.25) is 20.0 Å². The molecule has 0 bridgehead atoms. The first kappa shape index (κ1) is 66.9. The molecule has 10 N–H and O–H groups in total. The minimum Gasteiger partial charge on any atom is -0.484 e. The van der Waals surface area contributed by atoms with Gasteiger partial charge in [-0.1, -0.05) is 23.2 Å². The number of ether oxygens (including phenoxy) is 6. The molecular formula is C58H80Cl2F2N10O12S2. The van der Waals surface area contributed by atoms with Crippen LogP contribution in [0.1, 0.15) is 73.0 Å². The Bertz CT molecular complexity index is 2870. The van der Waals surface area contributed by atoms with Crippen LogP contribution >= 0.6 is 23.2 Å². The number of hydrogen-bond acceptors (Lipinski definition) is 16. The molecule has 2 fully saturated rings. The first-order valence-corrected chi connectivity index (χ1v) is 33.0. The van der Waals surface area contributed by atoms with Gasteiger partial charge in [-0.05, 0) is 148 Å². The third-order valence-electron chi connectivity index (χ3n) is 15.3. The molecule has 8 rings (SSSR count). The summed E-state index contributed by atoms with van der Waals surface area (Å²) >= 11 is 12.5. The SMILES string of the molecule is N[C@@H]1CCCN(C2Cc3c(F)cc(Cl)cc3[C@@H]2Oc2ccc(S(=O)(=O)NCCOCCOCCNC(=O)NCCCCNC(=O)NCCOCCOCCNS(=O)(=O)c3ccc(O[C@H]4c5cc(Cl)cc(F)c5C[C@@H]4N4CCC[C@@H](N)C4)cc3)cc2)C1. The Morgan fingerprint density at radius 3 is 1.26 bits per heavy atom. The fourth-order valence-corrected chi connectivity index (χ4v) is 13.5. The van der Waals surface area contributed by atoms with Gasteiger partial charge in [0.1, 0.15) is 35.3 Å². The van der Waals surface area contributed by atoms with Crippen molar-refractivity contribution in [3.63, 3.8) is 0 Å². The third kappa shape index (κ3) is 19.7. The normalized spacial score (nSPS) is 20.7. The molecule has 1 unspecified atom stereocenters. The van der Waals surface area contributed by atoms with Crippen LogP contribution in [0, 0.1) is 11.6 Å². The number of urea groups is 2. The Morgan fingerprint density at radius 2 is 0.884 bits per heavy atom. The minimum atomic E-state index is -3.85. The van der Waals surface area contributed by atoms with Crippen LogP contribution in [-0.2, 0) is 51.8 Å². The fourth-order valence-electron chi connectivity index (χ4n) is 11.1. The van der Waals surface area contributed by atoms with Gasteiger partial charge < -0.3 is 61.2 Å². The molecule has 2 heterocycles. The van der Waals surface area contributed by atoms with Gasteiger partial charge in [0.05, 0.1) is 74.7 Å². The van der Waals surface area contributed by atoms with Crippen LogP contribution in [0.3, 0.4) is 0 Å². The van der Waals surface area contributed by atoms with Crippen LogP contribution in [0.5, 0.6) is 11.5 Å². The Labute approximate surface area is 512 Å². The monoisotopic (exact) mass is 1280 g/mol. The molecule has 4 aromatic carbocycles. The van der Waals surface area contributed by atoms with Crippen LogP contribution in [0.4, 0.5) is 18.4 Å². The Balaban J connectivity index is 0.581. The van der Waals surface area contributed by atoms with Gasteiger partial charge in [-0.15, -0.1) is 0 Å². The van der Waals surface area contributed by atoms with Gasteiger partial charge in [-0.3, -0.25) is 9.80 Å². The minimum absolute atomic E-state index is 0.0214. The summed E-state index contributed by atoms with van der Waals surface area (Å²) in [7, 11) is -7.70. The van der Waals surface area contributed by atoms with Crippen LogP contribution in [-0.4, -0.2) is 181 Å². The van der Waals surface area contributed by atoms with Crippen LogP contribution in [0.25, 0.3) is 0 Å². The smallest absolute Gasteiger partial charge is 0.314 e. The van der Waals surface area contributed by atoms with E-state index in [0.29, 0.717) is 85.6 Å². The number of likely N-dealkylation sites (tertiary alicyclic amines) is 2. The van der Waals surface area contributed by atoms with Crippen molar-refractivity contribution in [2.45, 2.75) is 97.5 Å². The number of piperidine rings is 2. The number of unbranched alkanes of at least 4 members (excludes halogenated alkanes) is 1. The largest absolute Gasteiger partial charge is 0.484 e. The molecular weight excluding hydrogens is 1200 g/mol. The molecule has 4 amide bonds. The molecule has 0 spiro atoms. The number of benzene rings is 4. The second-order valence-corrected chi connectivity index (χ2v) is 26.0. The number of nitrogens with one attached hydrogen (secondary N) is 6. The molecule has 4 aliphatic rings. The lowest BCUT2D eigenvalue weighted by Gasteiger charge is -2.38. The zero-order valence-corrected chi connectivity index (χ0v) is 51.2. The molecule has 2 aliphatic heterocycles. The highest BCUT2D eigenvalue weighted by atomic mass is 35.5. The van der Waals surface area contributed by atoms with E-state index >= 15 is 8.78 Å². The predicted molar refractivity (Wildman–Crippen MR) is 321 cm³/mol. The van der Waals surface area contributed by atoms with Crippen molar-refractivity contribution in [1.82, 2.24) is 40.5 Å². The molecule has 0 radical (unpaired) electrons. The first-order chi connectivity index (χ1) is 41.4. The molecule has 2 aliphatic carbocycles. The van der Waals surface area contributed by atoms with E-state index in [1.54, 1.807) is 36.4 Å². The lowest BCUT2D eigenvalue weighted by molar-refractivity contribution is 0.0516. The summed E-state index contributed by atoms with van der Waals surface area (Å²) in [6.07, 6.45) is 4.85. The Kier molecular flexibility index (Phi) is 25.7. The van der Waals surface area contributed by atoms with E-state index in [9.17, 15) is 26.4 Å². The topological polar surface area (TPSA) is 288 Å². The summed E-state index contributed by atoms with van der Waals surface area (Å²) in [5.41, 5.74) is 15.0. The van der Waals surface area contributed by atoms with E-state index in [-0.39, 0.29) is 147 Å². The summed E-state index contributed by atoms with van der Waals surface area (Å²) in [5, 5.41) is 11.5. The number of carbonyl (C=O) groups is 2. The lowest BCUT2D eigenvalue weighted by atomic mass is 10.0. The van der Waals surface area contributed by atoms with Gasteiger partial charge in [0.25, 0.3) is 0 Å². The number of sulfonamides is 2. The van der Waals surface area contributed by atoms with Gasteiger partial charge in [-0.25, -0.2) is 44.6 Å². The molecule has 474 valence electrons. The number of amides is 4. The number of carbonyl (C=O) groups excluding carboxylic acids is 2. The lowest BCUT2D eigenvalue weighted by Crippen LogP contribution is -2.49. The highest BCUT2D eigenvalue weighted by molar-refractivity contribution is 7.89. The highest BCUT2D eigenvalue weighted by Crippen LogP contribution is 2.43. The number of fused-ring (bicyclic) bond motifs is 2. The maximum Gasteiger partial charge on any atom is 0.314 e. The number of halogens is 4. The first-order valence-electron chi connectivity index (χ1n) is 29.3. The maximum absolute atomic E-state index is 15.0. The van der Waals surface area contributed by atoms with Gasteiger partial charge in [-0.2, -0.15) is 0 Å². The maximum atomic E-state index is 15.0. The summed E-state index contributed by atoms with van der Waals surface area (Å²) < 4.78 is 122. The highest BCUT2D eigenvalue weighted by Gasteiger charge is 2.43.